The second kappa shape index (κ2) is 4.82. The Hall–Kier alpha value is -1.20. The van der Waals surface area contributed by atoms with Crippen molar-refractivity contribution in [3.05, 3.63) is 41.3 Å². The van der Waals surface area contributed by atoms with Crippen LogP contribution in [0.4, 0.5) is 11.5 Å². The van der Waals surface area contributed by atoms with Gasteiger partial charge in [-0.1, -0.05) is 16.3 Å². The number of nitrogens with zero attached hydrogens (tertiary/aromatic N) is 3. The van der Waals surface area contributed by atoms with Gasteiger partial charge in [-0.15, -0.1) is 0 Å². The fourth-order valence-corrected chi connectivity index (χ4v) is 2.73. The minimum absolute atomic E-state index is 0.265. The van der Waals surface area contributed by atoms with Gasteiger partial charge in [0.05, 0.1) is 0 Å². The third kappa shape index (κ3) is 2.20. The molecule has 1 aliphatic rings. The van der Waals surface area contributed by atoms with E-state index in [9.17, 15) is 0 Å². The molecule has 0 bridgehead atoms. The molecule has 1 aromatic carbocycles. The first kappa shape index (κ1) is 11.9. The summed E-state index contributed by atoms with van der Waals surface area (Å²) in [5.74, 6) is 0.856. The van der Waals surface area contributed by atoms with Crippen LogP contribution in [-0.4, -0.2) is 10.1 Å². The number of benzene rings is 1. The molecular formula is C12H11BrClN4+. The van der Waals surface area contributed by atoms with E-state index in [1.165, 1.54) is 0 Å². The number of fused-ring (bicyclic) bond motifs is 1. The van der Waals surface area contributed by atoms with Crippen LogP contribution in [-0.2, 0) is 6.42 Å². The fraction of sp³-hybridized carbons (Fsp3) is 0.250. The average molecular weight is 327 g/mol. The number of halogens is 2. The topological polar surface area (TPSA) is 41.7 Å². The fourth-order valence-electron chi connectivity index (χ4n) is 2.02. The van der Waals surface area contributed by atoms with Crippen LogP contribution in [0.3, 0.4) is 0 Å². The molecule has 3 rings (SSSR count). The van der Waals surface area contributed by atoms with Crippen molar-refractivity contribution >= 4 is 39.0 Å². The van der Waals surface area contributed by atoms with Gasteiger partial charge in [-0.25, -0.2) is 4.98 Å². The van der Waals surface area contributed by atoms with Crippen LogP contribution in [0.1, 0.15) is 17.1 Å². The van der Waals surface area contributed by atoms with Crippen LogP contribution in [0.2, 0.25) is 5.02 Å². The molecule has 1 N–H and O–H groups in total. The van der Waals surface area contributed by atoms with Gasteiger partial charge in [0.15, 0.2) is 6.33 Å². The second-order valence-corrected chi connectivity index (χ2v) is 5.60. The van der Waals surface area contributed by atoms with Gasteiger partial charge in [0.2, 0.25) is 10.8 Å². The molecule has 0 saturated heterocycles. The van der Waals surface area contributed by atoms with Crippen LogP contribution < -0.4 is 10.00 Å². The highest BCUT2D eigenvalue weighted by Crippen LogP contribution is 2.26. The third-order valence-electron chi connectivity index (χ3n) is 2.90. The Morgan fingerprint density at radius 1 is 1.33 bits per heavy atom. The smallest absolute Gasteiger partial charge is 0.252 e. The first-order valence-electron chi connectivity index (χ1n) is 5.66. The predicted molar refractivity (Wildman–Crippen MR) is 73.2 cm³/mol. The lowest BCUT2D eigenvalue weighted by Gasteiger charge is -2.05. The minimum atomic E-state index is 0.265. The van der Waals surface area contributed by atoms with Crippen LogP contribution in [0.25, 0.3) is 0 Å². The van der Waals surface area contributed by atoms with Gasteiger partial charge in [-0.3, -0.25) is 0 Å². The van der Waals surface area contributed by atoms with Crippen molar-refractivity contribution in [3.8, 4) is 0 Å². The Morgan fingerprint density at radius 3 is 2.89 bits per heavy atom. The SMILES string of the molecule is Clc1ccc(Nc2ncn[n+]3c2CCC3Br)cc1. The largest absolute Gasteiger partial charge is 0.335 e. The van der Waals surface area contributed by atoms with E-state index in [0.717, 1.165) is 35.1 Å². The van der Waals surface area contributed by atoms with Crippen molar-refractivity contribution in [2.75, 3.05) is 5.32 Å². The lowest BCUT2D eigenvalue weighted by Crippen LogP contribution is -2.40. The van der Waals surface area contributed by atoms with Gasteiger partial charge in [-0.2, -0.15) is 0 Å². The van der Waals surface area contributed by atoms with Crippen molar-refractivity contribution in [1.82, 2.24) is 10.1 Å². The number of hydrogen-bond donors (Lipinski definition) is 1. The molecule has 1 aliphatic heterocycles. The van der Waals surface area contributed by atoms with E-state index in [2.05, 4.69) is 31.3 Å². The van der Waals surface area contributed by atoms with Gasteiger partial charge < -0.3 is 5.32 Å². The Kier molecular flexibility index (Phi) is 3.18. The Labute approximate surface area is 118 Å². The van der Waals surface area contributed by atoms with Crippen molar-refractivity contribution < 1.29 is 4.68 Å². The van der Waals surface area contributed by atoms with Gasteiger partial charge in [0, 0.05) is 28.7 Å². The molecule has 4 nitrogen and oxygen atoms in total. The number of aromatic nitrogens is 3. The standard InChI is InChI=1S/C12H11BrClN4/c13-11-6-5-10-12(15-7-16-18(10)11)17-9-3-1-8(14)2-4-9/h1-4,7,11H,5-6H2,(H,15,16,17)/q+1. The highest BCUT2D eigenvalue weighted by molar-refractivity contribution is 9.09. The molecule has 1 aromatic heterocycles. The van der Waals surface area contributed by atoms with Crippen LogP contribution in [0, 0.1) is 0 Å². The summed E-state index contributed by atoms with van der Waals surface area (Å²) in [5.41, 5.74) is 2.09. The van der Waals surface area contributed by atoms with E-state index in [4.69, 9.17) is 11.6 Å². The van der Waals surface area contributed by atoms with E-state index in [0.29, 0.717) is 0 Å². The molecule has 0 amide bonds. The van der Waals surface area contributed by atoms with Gasteiger partial charge >= 0.3 is 0 Å². The monoisotopic (exact) mass is 325 g/mol. The van der Waals surface area contributed by atoms with E-state index in [-0.39, 0.29) is 4.95 Å². The molecule has 18 heavy (non-hydrogen) atoms. The lowest BCUT2D eigenvalue weighted by atomic mass is 10.2. The molecule has 1 unspecified atom stereocenters. The first-order valence-corrected chi connectivity index (χ1v) is 6.96. The summed E-state index contributed by atoms with van der Waals surface area (Å²) in [5, 5.41) is 8.28. The summed E-state index contributed by atoms with van der Waals surface area (Å²) in [6, 6.07) is 7.57. The summed E-state index contributed by atoms with van der Waals surface area (Å²) in [4.78, 5) is 4.57. The summed E-state index contributed by atoms with van der Waals surface area (Å²) in [6.07, 6.45) is 3.57. The molecule has 0 fully saturated rings. The Bertz CT molecular complexity index is 573. The number of anilines is 2. The molecule has 0 radical (unpaired) electrons. The van der Waals surface area contributed by atoms with Gasteiger partial charge in [-0.05, 0) is 40.2 Å². The normalized spacial score (nSPS) is 17.6. The van der Waals surface area contributed by atoms with Crippen molar-refractivity contribution in [1.29, 1.82) is 0 Å². The maximum atomic E-state index is 5.86. The second-order valence-electron chi connectivity index (χ2n) is 4.10. The summed E-state index contributed by atoms with van der Waals surface area (Å²) in [6.45, 7) is 0. The third-order valence-corrected chi connectivity index (χ3v) is 4.00. The zero-order valence-corrected chi connectivity index (χ0v) is 11.8. The molecule has 0 saturated carbocycles. The summed E-state index contributed by atoms with van der Waals surface area (Å²) in [7, 11) is 0. The maximum Gasteiger partial charge on any atom is 0.252 e. The number of nitrogens with one attached hydrogen (secondary N) is 1. The molecule has 0 aliphatic carbocycles. The van der Waals surface area contributed by atoms with E-state index >= 15 is 0 Å². The lowest BCUT2D eigenvalue weighted by molar-refractivity contribution is -0.749. The molecule has 2 heterocycles. The van der Waals surface area contributed by atoms with Crippen LogP contribution in [0.5, 0.6) is 0 Å². The Balaban J connectivity index is 1.92. The van der Waals surface area contributed by atoms with Crippen molar-refractivity contribution in [2.45, 2.75) is 17.8 Å². The molecule has 0 spiro atoms. The first-order chi connectivity index (χ1) is 8.74. The number of hydrogen-bond acceptors (Lipinski definition) is 3. The zero-order chi connectivity index (χ0) is 12.5. The van der Waals surface area contributed by atoms with E-state index in [1.54, 1.807) is 6.33 Å². The Morgan fingerprint density at radius 2 is 2.11 bits per heavy atom. The summed E-state index contributed by atoms with van der Waals surface area (Å²) >= 11 is 9.46. The van der Waals surface area contributed by atoms with Gasteiger partial charge in [0.1, 0.15) is 0 Å². The highest BCUT2D eigenvalue weighted by atomic mass is 79.9. The average Bonchev–Trinajstić information content (AvgIpc) is 2.76. The molecule has 2 aromatic rings. The number of rotatable bonds is 2. The van der Waals surface area contributed by atoms with E-state index < -0.39 is 0 Å². The van der Waals surface area contributed by atoms with E-state index in [1.807, 2.05) is 28.9 Å². The molecule has 92 valence electrons. The number of alkyl halides is 1. The maximum absolute atomic E-state index is 5.86. The van der Waals surface area contributed by atoms with Crippen LogP contribution in [0.15, 0.2) is 30.6 Å². The van der Waals surface area contributed by atoms with Crippen molar-refractivity contribution in [2.24, 2.45) is 0 Å². The molecular weight excluding hydrogens is 316 g/mol. The van der Waals surface area contributed by atoms with Crippen LogP contribution >= 0.6 is 27.5 Å². The zero-order valence-electron chi connectivity index (χ0n) is 9.48. The highest BCUT2D eigenvalue weighted by Gasteiger charge is 2.33. The molecule has 6 heteroatoms. The molecule has 1 atom stereocenters. The minimum Gasteiger partial charge on any atom is -0.335 e. The van der Waals surface area contributed by atoms with Crippen molar-refractivity contribution in [3.63, 3.8) is 0 Å². The predicted octanol–water partition coefficient (Wildman–Crippen LogP) is 3.00. The van der Waals surface area contributed by atoms with Gasteiger partial charge in [0.25, 0.3) is 5.69 Å². The summed E-state index contributed by atoms with van der Waals surface area (Å²) < 4.78 is 1.96. The quantitative estimate of drug-likeness (QED) is 0.681.